The van der Waals surface area contributed by atoms with Crippen molar-refractivity contribution < 1.29 is 34.1 Å². The predicted molar refractivity (Wildman–Crippen MR) is 155 cm³/mol. The van der Waals surface area contributed by atoms with Crippen LogP contribution in [0.4, 0.5) is 0 Å². The zero-order chi connectivity index (χ0) is 28.7. The summed E-state index contributed by atoms with van der Waals surface area (Å²) >= 11 is 2.02. The number of rotatable bonds is 11. The SMILES string of the molecule is COc1cc(C=O)cc(I)c1OC1C=C(C(=O)NCCO)CC(N(Cc2ccc(C)cc2)C(=O)C(C)C)C1O. The zero-order valence-corrected chi connectivity index (χ0v) is 24.7. The Morgan fingerprint density at radius 3 is 2.51 bits per heavy atom. The Kier molecular flexibility index (Phi) is 10.9. The molecule has 210 valence electrons. The van der Waals surface area contributed by atoms with E-state index in [-0.39, 0.29) is 37.9 Å². The molecule has 0 aromatic heterocycles. The molecule has 3 atom stereocenters. The van der Waals surface area contributed by atoms with Crippen molar-refractivity contribution in [2.45, 2.75) is 52.0 Å². The van der Waals surface area contributed by atoms with Crippen molar-refractivity contribution in [3.05, 3.63) is 68.3 Å². The Morgan fingerprint density at radius 1 is 1.23 bits per heavy atom. The number of aliphatic hydroxyl groups excluding tert-OH is 2. The fourth-order valence-corrected chi connectivity index (χ4v) is 5.17. The molecule has 0 saturated carbocycles. The van der Waals surface area contributed by atoms with Crippen LogP contribution in [-0.2, 0) is 16.1 Å². The lowest BCUT2D eigenvalue weighted by Gasteiger charge is -2.41. The van der Waals surface area contributed by atoms with E-state index in [1.165, 1.54) is 13.2 Å². The number of aryl methyl sites for hydroxylation is 1. The Hall–Kier alpha value is -2.96. The Labute approximate surface area is 242 Å². The lowest BCUT2D eigenvalue weighted by Crippen LogP contribution is -2.55. The molecule has 1 aliphatic rings. The van der Waals surface area contributed by atoms with E-state index in [4.69, 9.17) is 9.47 Å². The maximum atomic E-state index is 13.5. The first-order chi connectivity index (χ1) is 18.6. The van der Waals surface area contributed by atoms with Crippen molar-refractivity contribution in [2.24, 2.45) is 5.92 Å². The normalized spacial score (nSPS) is 18.8. The standard InChI is InChI=1S/C29H35IN2O7/c1-17(2)29(37)32(15-19-7-5-18(3)6-8-19)23-13-21(28(36)31-9-10-33)14-24(26(23)35)39-27-22(30)11-20(16-34)12-25(27)38-4/h5-8,11-12,14,16-17,23-24,26,33,35H,9-10,13,15H2,1-4H3,(H,31,36). The van der Waals surface area contributed by atoms with Gasteiger partial charge < -0.3 is 29.9 Å². The number of hydrogen-bond donors (Lipinski definition) is 3. The van der Waals surface area contributed by atoms with Crippen molar-refractivity contribution >= 4 is 40.7 Å². The Balaban J connectivity index is 2.04. The number of carbonyl (C=O) groups excluding carboxylic acids is 3. The van der Waals surface area contributed by atoms with Crippen molar-refractivity contribution in [2.75, 3.05) is 20.3 Å². The van der Waals surface area contributed by atoms with Crippen LogP contribution in [0, 0.1) is 16.4 Å². The summed E-state index contributed by atoms with van der Waals surface area (Å²) in [7, 11) is 1.45. The average Bonchev–Trinajstić information content (AvgIpc) is 2.92. The number of methoxy groups -OCH3 is 1. The molecular formula is C29H35IN2O7. The molecule has 0 bridgehead atoms. The average molecular weight is 651 g/mol. The Bertz CT molecular complexity index is 1210. The second-order valence-electron chi connectivity index (χ2n) is 9.77. The summed E-state index contributed by atoms with van der Waals surface area (Å²) in [5.41, 5.74) is 2.70. The molecule has 0 saturated heterocycles. The third kappa shape index (κ3) is 7.58. The van der Waals surface area contributed by atoms with Gasteiger partial charge in [-0.2, -0.15) is 0 Å². The first-order valence-corrected chi connectivity index (χ1v) is 13.8. The maximum Gasteiger partial charge on any atom is 0.247 e. The van der Waals surface area contributed by atoms with Crippen LogP contribution in [0.15, 0.2) is 48.0 Å². The van der Waals surface area contributed by atoms with E-state index in [1.807, 2.05) is 53.8 Å². The van der Waals surface area contributed by atoms with E-state index in [0.717, 1.165) is 11.1 Å². The molecule has 10 heteroatoms. The quantitative estimate of drug-likeness (QED) is 0.252. The van der Waals surface area contributed by atoms with Gasteiger partial charge in [-0.1, -0.05) is 43.7 Å². The zero-order valence-electron chi connectivity index (χ0n) is 22.5. The van der Waals surface area contributed by atoms with Gasteiger partial charge in [-0.05, 0) is 53.3 Å². The molecule has 3 unspecified atom stereocenters. The second kappa shape index (κ2) is 13.9. The molecule has 0 aliphatic heterocycles. The summed E-state index contributed by atoms with van der Waals surface area (Å²) in [6.45, 7) is 5.64. The molecule has 0 heterocycles. The van der Waals surface area contributed by atoms with Crippen LogP contribution in [0.2, 0.25) is 0 Å². The van der Waals surface area contributed by atoms with Crippen molar-refractivity contribution in [3.63, 3.8) is 0 Å². The van der Waals surface area contributed by atoms with Gasteiger partial charge in [0.05, 0.1) is 23.3 Å². The maximum absolute atomic E-state index is 13.5. The van der Waals surface area contributed by atoms with E-state index in [0.29, 0.717) is 32.5 Å². The monoisotopic (exact) mass is 650 g/mol. The lowest BCUT2D eigenvalue weighted by molar-refractivity contribution is -0.142. The van der Waals surface area contributed by atoms with Gasteiger partial charge in [0.2, 0.25) is 11.8 Å². The van der Waals surface area contributed by atoms with Gasteiger partial charge >= 0.3 is 0 Å². The third-order valence-electron chi connectivity index (χ3n) is 6.51. The minimum Gasteiger partial charge on any atom is -0.493 e. The smallest absolute Gasteiger partial charge is 0.247 e. The highest BCUT2D eigenvalue weighted by Crippen LogP contribution is 2.37. The molecule has 1 aliphatic carbocycles. The summed E-state index contributed by atoms with van der Waals surface area (Å²) in [5.74, 6) is -0.331. The molecule has 3 N–H and O–H groups in total. The molecule has 3 rings (SSSR count). The number of nitrogens with one attached hydrogen (secondary N) is 1. The van der Waals surface area contributed by atoms with Gasteiger partial charge in [0.15, 0.2) is 11.5 Å². The van der Waals surface area contributed by atoms with Gasteiger partial charge in [0, 0.05) is 36.6 Å². The molecule has 2 aromatic carbocycles. The number of halogens is 1. The summed E-state index contributed by atoms with van der Waals surface area (Å²) in [6.07, 6.45) is 0.147. The molecular weight excluding hydrogens is 615 g/mol. The summed E-state index contributed by atoms with van der Waals surface area (Å²) in [6, 6.07) is 10.2. The van der Waals surface area contributed by atoms with Crippen molar-refractivity contribution in [1.82, 2.24) is 10.2 Å². The van der Waals surface area contributed by atoms with Gasteiger partial charge in [-0.3, -0.25) is 14.4 Å². The Morgan fingerprint density at radius 2 is 1.92 bits per heavy atom. The number of nitrogens with zero attached hydrogens (tertiary/aromatic N) is 1. The van der Waals surface area contributed by atoms with Crippen LogP contribution in [0.3, 0.4) is 0 Å². The number of aldehydes is 1. The fraction of sp³-hybridized carbons (Fsp3) is 0.414. The highest BCUT2D eigenvalue weighted by molar-refractivity contribution is 14.1. The van der Waals surface area contributed by atoms with Crippen LogP contribution in [0.1, 0.15) is 41.8 Å². The molecule has 0 spiro atoms. The minimum absolute atomic E-state index is 0.0613. The van der Waals surface area contributed by atoms with Gasteiger partial charge in [-0.15, -0.1) is 0 Å². The third-order valence-corrected chi connectivity index (χ3v) is 7.31. The molecule has 9 nitrogen and oxygen atoms in total. The topological polar surface area (TPSA) is 125 Å². The van der Waals surface area contributed by atoms with Crippen LogP contribution < -0.4 is 14.8 Å². The number of hydrogen-bond acceptors (Lipinski definition) is 7. The molecule has 39 heavy (non-hydrogen) atoms. The number of aliphatic hydroxyl groups is 2. The highest BCUT2D eigenvalue weighted by Gasteiger charge is 2.41. The summed E-state index contributed by atoms with van der Waals surface area (Å²) in [5, 5.41) is 23.5. The molecule has 2 amide bonds. The van der Waals surface area contributed by atoms with E-state index < -0.39 is 24.2 Å². The first kappa shape index (κ1) is 30.6. The summed E-state index contributed by atoms with van der Waals surface area (Å²) in [4.78, 5) is 39.4. The van der Waals surface area contributed by atoms with E-state index in [2.05, 4.69) is 5.32 Å². The van der Waals surface area contributed by atoms with Crippen molar-refractivity contribution in [3.8, 4) is 11.5 Å². The largest absolute Gasteiger partial charge is 0.493 e. The number of ether oxygens (including phenoxy) is 2. The number of carbonyl (C=O) groups is 3. The summed E-state index contributed by atoms with van der Waals surface area (Å²) < 4.78 is 12.3. The predicted octanol–water partition coefficient (Wildman–Crippen LogP) is 3.02. The molecule has 0 fully saturated rings. The van der Waals surface area contributed by atoms with Crippen LogP contribution in [-0.4, -0.2) is 71.7 Å². The van der Waals surface area contributed by atoms with Gasteiger partial charge in [0.1, 0.15) is 18.5 Å². The molecule has 2 aromatic rings. The second-order valence-corrected chi connectivity index (χ2v) is 10.9. The van der Waals surface area contributed by atoms with E-state index in [9.17, 15) is 24.6 Å². The highest BCUT2D eigenvalue weighted by atomic mass is 127. The van der Waals surface area contributed by atoms with Crippen molar-refractivity contribution in [1.29, 1.82) is 0 Å². The number of benzene rings is 2. The first-order valence-electron chi connectivity index (χ1n) is 12.7. The molecule has 0 radical (unpaired) electrons. The van der Waals surface area contributed by atoms with E-state index >= 15 is 0 Å². The minimum atomic E-state index is -1.18. The van der Waals surface area contributed by atoms with Crippen LogP contribution in [0.25, 0.3) is 0 Å². The lowest BCUT2D eigenvalue weighted by atomic mass is 9.87. The van der Waals surface area contributed by atoms with Gasteiger partial charge in [0.25, 0.3) is 0 Å². The number of amides is 2. The van der Waals surface area contributed by atoms with Crippen LogP contribution in [0.5, 0.6) is 11.5 Å². The fourth-order valence-electron chi connectivity index (χ4n) is 4.42. The van der Waals surface area contributed by atoms with E-state index in [1.54, 1.807) is 30.9 Å². The van der Waals surface area contributed by atoms with Gasteiger partial charge in [-0.25, -0.2) is 0 Å². The van der Waals surface area contributed by atoms with Crippen LogP contribution >= 0.6 is 22.6 Å².